The number of rotatable bonds is 11. The molecule has 1 fully saturated rings. The summed E-state index contributed by atoms with van der Waals surface area (Å²) in [6.07, 6.45) is 8.67. The Morgan fingerprint density at radius 2 is 1.69 bits per heavy atom. The largest absolute Gasteiger partial charge is 0.467 e. The van der Waals surface area contributed by atoms with E-state index in [0.717, 1.165) is 10.9 Å². The van der Waals surface area contributed by atoms with Crippen molar-refractivity contribution in [2.24, 2.45) is 0 Å². The van der Waals surface area contributed by atoms with Crippen molar-refractivity contribution >= 4 is 17.8 Å². The van der Waals surface area contributed by atoms with Gasteiger partial charge in [0, 0.05) is 49.0 Å². The summed E-state index contributed by atoms with van der Waals surface area (Å²) in [4.78, 5) is 40.6. The van der Waals surface area contributed by atoms with Gasteiger partial charge in [-0.15, -0.1) is 0 Å². The number of aromatic nitrogens is 8. The van der Waals surface area contributed by atoms with E-state index in [2.05, 4.69) is 45.6 Å². The number of carbonyl (C=O) groups is 1. The van der Waals surface area contributed by atoms with Crippen LogP contribution in [0.25, 0.3) is 22.6 Å². The van der Waals surface area contributed by atoms with E-state index >= 15 is 0 Å². The number of aliphatic hydroxyl groups is 6. The van der Waals surface area contributed by atoms with Gasteiger partial charge in [-0.3, -0.25) is 9.88 Å². The quantitative estimate of drug-likeness (QED) is 0.0965. The van der Waals surface area contributed by atoms with Crippen LogP contribution in [-0.2, 0) is 5.97 Å². The van der Waals surface area contributed by atoms with Gasteiger partial charge in [0.25, 0.3) is 6.41 Å². The molecule has 19 heteroatoms. The molecule has 4 aromatic heterocycles. The number of amides is 2. The Labute approximate surface area is 274 Å². The molecule has 0 spiro atoms. The van der Waals surface area contributed by atoms with Crippen molar-refractivity contribution in [1.82, 2.24) is 45.0 Å². The number of carbonyl (C=O) groups excluding carboxylic acids is 1. The van der Waals surface area contributed by atoms with Crippen molar-refractivity contribution < 1.29 is 40.2 Å². The fraction of sp³-hybridized carbons (Fsp3) is 0.448. The summed E-state index contributed by atoms with van der Waals surface area (Å²) in [6.45, 7) is 3.18. The van der Waals surface area contributed by atoms with Crippen LogP contribution in [0.5, 0.6) is 6.01 Å². The van der Waals surface area contributed by atoms with Gasteiger partial charge in [0.1, 0.15) is 11.4 Å². The monoisotopic (exact) mass is 667 g/mol. The molecule has 4 heterocycles. The Bertz CT molecular complexity index is 1680. The number of hydrogen-bond acceptors (Lipinski definition) is 16. The Morgan fingerprint density at radius 3 is 2.25 bits per heavy atom. The van der Waals surface area contributed by atoms with Gasteiger partial charge >= 0.3 is 18.0 Å². The lowest BCUT2D eigenvalue weighted by Gasteiger charge is -2.36. The fourth-order valence-corrected chi connectivity index (χ4v) is 5.13. The smallest absolute Gasteiger partial charge is 0.323 e. The van der Waals surface area contributed by atoms with Crippen molar-refractivity contribution in [3.8, 4) is 28.7 Å². The molecule has 1 aliphatic carbocycles. The molecule has 0 aromatic carbocycles. The molecule has 0 unspecified atom stereocenters. The Balaban J connectivity index is 1.32. The lowest BCUT2D eigenvalue weighted by molar-refractivity contribution is -0.323. The average Bonchev–Trinajstić information content (AvgIpc) is 3.55. The Kier molecular flexibility index (Phi) is 10.1. The Hall–Kier alpha value is -4.92. The van der Waals surface area contributed by atoms with Gasteiger partial charge in [-0.1, -0.05) is 0 Å². The first-order valence-corrected chi connectivity index (χ1v) is 14.9. The number of hydrogen-bond donors (Lipinski definition) is 8. The summed E-state index contributed by atoms with van der Waals surface area (Å²) >= 11 is 0. The van der Waals surface area contributed by atoms with E-state index in [0.29, 0.717) is 42.8 Å². The van der Waals surface area contributed by atoms with E-state index in [-0.39, 0.29) is 42.0 Å². The number of urea groups is 1. The first-order valence-electron chi connectivity index (χ1n) is 14.9. The molecule has 8 N–H and O–H groups in total. The second-order valence-corrected chi connectivity index (χ2v) is 11.8. The third-order valence-corrected chi connectivity index (χ3v) is 7.52. The summed E-state index contributed by atoms with van der Waals surface area (Å²) < 4.78 is 5.80. The molecule has 0 bridgehead atoms. The lowest BCUT2D eigenvalue weighted by Crippen LogP contribution is -2.51. The molecular formula is C29H37N11O8. The standard InChI is InChI=1S/C29H37N11O8/c1-28(2,44)15-35-26(41)40(22-14-30-21(13-31-22)16-10-33-25(48-3)34-11-16)18-6-4-17(5-7-18)36-24-32-12-19(29(45,46)47)23(37-24)20-8-9-39(38-20)27(42)43/h8-14,17-18,27,42-47H,4-7,15H2,1-3H3,(H,35,41)(H,32,36,37)/t17-,18-. The van der Waals surface area contributed by atoms with Gasteiger partial charge < -0.3 is 46.0 Å². The molecule has 5 rings (SSSR count). The Morgan fingerprint density at radius 1 is 0.979 bits per heavy atom. The zero-order valence-corrected chi connectivity index (χ0v) is 26.3. The highest BCUT2D eigenvalue weighted by molar-refractivity contribution is 5.91. The maximum atomic E-state index is 13.5. The van der Waals surface area contributed by atoms with Crippen LogP contribution >= 0.6 is 0 Å². The molecule has 0 saturated heterocycles. The fourth-order valence-electron chi connectivity index (χ4n) is 5.13. The van der Waals surface area contributed by atoms with Crippen LogP contribution in [0.4, 0.5) is 16.6 Å². The zero-order chi connectivity index (χ0) is 34.6. The van der Waals surface area contributed by atoms with Crippen LogP contribution in [0.15, 0.2) is 43.2 Å². The minimum Gasteiger partial charge on any atom is -0.467 e. The van der Waals surface area contributed by atoms with Crippen molar-refractivity contribution in [2.45, 2.75) is 69.6 Å². The predicted octanol–water partition coefficient (Wildman–Crippen LogP) is -0.166. The van der Waals surface area contributed by atoms with Crippen LogP contribution in [0.3, 0.4) is 0 Å². The summed E-state index contributed by atoms with van der Waals surface area (Å²) in [7, 11) is 1.46. The van der Waals surface area contributed by atoms with Gasteiger partial charge in [-0.05, 0) is 45.6 Å². The van der Waals surface area contributed by atoms with Crippen molar-refractivity contribution in [1.29, 1.82) is 0 Å². The third-order valence-electron chi connectivity index (χ3n) is 7.52. The van der Waals surface area contributed by atoms with Crippen LogP contribution in [0.2, 0.25) is 0 Å². The topological polar surface area (TPSA) is 270 Å². The number of anilines is 2. The highest BCUT2D eigenvalue weighted by Gasteiger charge is 2.33. The number of ether oxygens (including phenoxy) is 1. The molecule has 19 nitrogen and oxygen atoms in total. The molecule has 0 aliphatic heterocycles. The molecule has 256 valence electrons. The van der Waals surface area contributed by atoms with E-state index in [4.69, 9.17) is 4.74 Å². The van der Waals surface area contributed by atoms with E-state index < -0.39 is 29.6 Å². The lowest BCUT2D eigenvalue weighted by atomic mass is 9.90. The van der Waals surface area contributed by atoms with Crippen molar-refractivity contribution in [2.75, 3.05) is 23.9 Å². The van der Waals surface area contributed by atoms with Gasteiger partial charge in [-0.25, -0.2) is 34.4 Å². The maximum Gasteiger partial charge on any atom is 0.323 e. The molecule has 0 atom stereocenters. The van der Waals surface area contributed by atoms with Crippen LogP contribution in [0.1, 0.15) is 51.5 Å². The molecule has 1 aliphatic rings. The molecule has 1 saturated carbocycles. The number of methoxy groups -OCH3 is 1. The van der Waals surface area contributed by atoms with E-state index in [1.807, 2.05) is 0 Å². The highest BCUT2D eigenvalue weighted by atomic mass is 16.7. The van der Waals surface area contributed by atoms with E-state index in [9.17, 15) is 35.4 Å². The summed E-state index contributed by atoms with van der Waals surface area (Å²) in [5, 5.41) is 68.5. The number of aliphatic hydroxyl groups excluding tert-OH is 1. The van der Waals surface area contributed by atoms with Crippen molar-refractivity contribution in [3.63, 3.8) is 0 Å². The first-order chi connectivity index (χ1) is 22.7. The summed E-state index contributed by atoms with van der Waals surface area (Å²) in [6, 6.07) is 0.693. The minimum atomic E-state index is -3.29. The highest BCUT2D eigenvalue weighted by Crippen LogP contribution is 2.31. The second kappa shape index (κ2) is 14.1. The van der Waals surface area contributed by atoms with Gasteiger partial charge in [0.05, 0.1) is 36.4 Å². The van der Waals surface area contributed by atoms with Gasteiger partial charge in [0.15, 0.2) is 5.82 Å². The van der Waals surface area contributed by atoms with Crippen LogP contribution in [0, 0.1) is 0 Å². The molecular weight excluding hydrogens is 630 g/mol. The molecule has 4 aromatic rings. The molecule has 0 radical (unpaired) electrons. The number of nitrogens with one attached hydrogen (secondary N) is 2. The van der Waals surface area contributed by atoms with Gasteiger partial charge in [-0.2, -0.15) is 5.10 Å². The second-order valence-electron chi connectivity index (χ2n) is 11.8. The van der Waals surface area contributed by atoms with Crippen LogP contribution < -0.4 is 20.3 Å². The third kappa shape index (κ3) is 8.32. The van der Waals surface area contributed by atoms with Crippen LogP contribution in [-0.4, -0.2) is 108 Å². The van der Waals surface area contributed by atoms with E-state index in [1.165, 1.54) is 36.7 Å². The van der Waals surface area contributed by atoms with Gasteiger partial charge in [0.2, 0.25) is 5.95 Å². The molecule has 2 amide bonds. The average molecular weight is 668 g/mol. The number of nitrogens with zero attached hydrogens (tertiary/aromatic N) is 9. The normalized spacial score (nSPS) is 16.9. The zero-order valence-electron chi connectivity index (χ0n) is 26.3. The molecule has 48 heavy (non-hydrogen) atoms. The SMILES string of the molecule is COc1ncc(-c2cnc(N(C(=O)NCC(C)(C)O)[C@H]3CC[C@H](Nc4ncc(C(O)(O)O)c(-c5ccn(C(O)O)n5)n4)CC3)cn2)cn1. The van der Waals surface area contributed by atoms with Crippen molar-refractivity contribution in [3.05, 3.63) is 48.8 Å². The summed E-state index contributed by atoms with van der Waals surface area (Å²) in [5.74, 6) is -2.87. The minimum absolute atomic E-state index is 0.00983. The first kappa shape index (κ1) is 34.4. The summed E-state index contributed by atoms with van der Waals surface area (Å²) in [5.41, 5.74) is -0.622. The maximum absolute atomic E-state index is 13.5. The predicted molar refractivity (Wildman–Crippen MR) is 167 cm³/mol. The van der Waals surface area contributed by atoms with E-state index in [1.54, 1.807) is 26.2 Å².